The van der Waals surface area contributed by atoms with E-state index in [1.54, 1.807) is 11.8 Å². The number of nitrogens with zero attached hydrogens (tertiary/aromatic N) is 1. The molecule has 0 radical (unpaired) electrons. The van der Waals surface area contributed by atoms with Crippen LogP contribution in [0.15, 0.2) is 40.9 Å². The van der Waals surface area contributed by atoms with Crippen LogP contribution in [0.25, 0.3) is 0 Å². The Morgan fingerprint density at radius 1 is 1.19 bits per heavy atom. The fourth-order valence-electron chi connectivity index (χ4n) is 8.48. The van der Waals surface area contributed by atoms with Crippen molar-refractivity contribution in [1.29, 1.82) is 0 Å². The van der Waals surface area contributed by atoms with Gasteiger partial charge in [-0.2, -0.15) is 0 Å². The maximum Gasteiger partial charge on any atom is 0.175 e. The van der Waals surface area contributed by atoms with Gasteiger partial charge in [0.1, 0.15) is 9.98 Å². The van der Waals surface area contributed by atoms with Crippen LogP contribution in [0.3, 0.4) is 0 Å². The highest BCUT2D eigenvalue weighted by molar-refractivity contribution is 8.38. The lowest BCUT2D eigenvalue weighted by Gasteiger charge is -2.60. The van der Waals surface area contributed by atoms with Gasteiger partial charge in [-0.25, -0.2) is 4.99 Å². The van der Waals surface area contributed by atoms with Crippen molar-refractivity contribution in [2.24, 2.45) is 33.6 Å². The van der Waals surface area contributed by atoms with Crippen molar-refractivity contribution in [3.05, 3.63) is 41.5 Å². The van der Waals surface area contributed by atoms with Crippen LogP contribution in [0.1, 0.15) is 64.4 Å². The van der Waals surface area contributed by atoms with Crippen LogP contribution in [0.2, 0.25) is 0 Å². The molecule has 3 saturated carbocycles. The lowest BCUT2D eigenvalue weighted by molar-refractivity contribution is -0.178. The zero-order chi connectivity index (χ0) is 25.3. The molecule has 5 unspecified atom stereocenters. The number of aliphatic hydroxyl groups is 2. The first-order valence-corrected chi connectivity index (χ1v) is 15.2. The van der Waals surface area contributed by atoms with Gasteiger partial charge in [-0.3, -0.25) is 9.59 Å². The SMILES string of the molecule is CC12CCC(=O)C=C1CCC1C2[C@@H](O)CC2(C)C1CC[C@]2(O)C(=O)CSC1=Nc2ccccc2CS1. The first-order chi connectivity index (χ1) is 17.2. The molecule has 5 nitrogen and oxygen atoms in total. The number of ketones is 2. The van der Waals surface area contributed by atoms with Crippen molar-refractivity contribution in [3.8, 4) is 0 Å². The molecule has 0 aromatic heterocycles. The number of Topliss-reactive ketones (excluding diaryl/α,β-unsaturated/α-hetero) is 1. The average Bonchev–Trinajstić information content (AvgIpc) is 3.13. The van der Waals surface area contributed by atoms with Crippen molar-refractivity contribution in [2.75, 3.05) is 5.75 Å². The Bertz CT molecular complexity index is 1180. The van der Waals surface area contributed by atoms with E-state index in [1.807, 2.05) is 31.2 Å². The number of carbonyl (C=O) groups excluding carboxylic acids is 2. The maximum absolute atomic E-state index is 13.6. The molecule has 1 aromatic rings. The molecular weight excluding hydrogens is 490 g/mol. The van der Waals surface area contributed by atoms with E-state index in [-0.39, 0.29) is 40.5 Å². The first-order valence-electron chi connectivity index (χ1n) is 13.3. The van der Waals surface area contributed by atoms with Crippen LogP contribution < -0.4 is 0 Å². The summed E-state index contributed by atoms with van der Waals surface area (Å²) >= 11 is 3.08. The number of fused-ring (bicyclic) bond motifs is 6. The number of carbonyl (C=O) groups is 2. The molecule has 0 saturated heterocycles. The van der Waals surface area contributed by atoms with E-state index in [2.05, 4.69) is 13.0 Å². The third kappa shape index (κ3) is 3.63. The van der Waals surface area contributed by atoms with Gasteiger partial charge in [-0.15, -0.1) is 0 Å². The van der Waals surface area contributed by atoms with Gasteiger partial charge in [0.15, 0.2) is 11.6 Å². The number of rotatable bonds is 3. The Hall–Kier alpha value is -1.41. The number of hydrogen-bond acceptors (Lipinski definition) is 7. The second-order valence-corrected chi connectivity index (χ2v) is 14.2. The molecule has 1 aromatic carbocycles. The molecule has 4 aliphatic carbocycles. The van der Waals surface area contributed by atoms with Crippen LogP contribution in [-0.2, 0) is 15.3 Å². The highest BCUT2D eigenvalue weighted by atomic mass is 32.2. The number of thioether (sulfide) groups is 2. The summed E-state index contributed by atoms with van der Waals surface area (Å²) in [5.41, 5.74) is 1.15. The van der Waals surface area contributed by atoms with Crippen molar-refractivity contribution >= 4 is 45.2 Å². The quantitative estimate of drug-likeness (QED) is 0.545. The summed E-state index contributed by atoms with van der Waals surface area (Å²) < 4.78 is 0.875. The third-order valence-electron chi connectivity index (χ3n) is 10.4. The minimum Gasteiger partial charge on any atom is -0.393 e. The molecule has 6 rings (SSSR count). The molecule has 36 heavy (non-hydrogen) atoms. The van der Waals surface area contributed by atoms with E-state index in [9.17, 15) is 19.8 Å². The second kappa shape index (κ2) is 8.82. The molecular formula is C29H35NO4S2. The van der Waals surface area contributed by atoms with Gasteiger partial charge < -0.3 is 10.2 Å². The minimum atomic E-state index is -1.42. The number of aliphatic hydroxyl groups excluding tert-OH is 1. The number of benzene rings is 1. The Labute approximate surface area is 221 Å². The standard InChI is InChI=1S/C29H35NO4S2/c1-27-11-9-19(31)13-18(27)7-8-20-21-10-12-29(34,28(21,2)14-23(32)25(20)27)24(33)16-36-26-30-22-6-4-3-5-17(22)15-35-26/h3-6,13,20-21,23,25,32,34H,7-12,14-16H2,1-2H3/t20?,21?,23-,25?,27?,28?,29-/m0/s1. The van der Waals surface area contributed by atoms with E-state index >= 15 is 0 Å². The van der Waals surface area contributed by atoms with Gasteiger partial charge in [-0.1, -0.05) is 61.1 Å². The third-order valence-corrected chi connectivity index (χ3v) is 12.6. The minimum absolute atomic E-state index is 0.0866. The summed E-state index contributed by atoms with van der Waals surface area (Å²) in [4.78, 5) is 30.5. The van der Waals surface area contributed by atoms with Crippen LogP contribution in [0.5, 0.6) is 0 Å². The second-order valence-electron chi connectivity index (χ2n) is 12.0. The van der Waals surface area contributed by atoms with E-state index in [1.165, 1.54) is 22.9 Å². The van der Waals surface area contributed by atoms with E-state index in [4.69, 9.17) is 4.99 Å². The van der Waals surface area contributed by atoms with Crippen LogP contribution in [0.4, 0.5) is 5.69 Å². The predicted molar refractivity (Wildman–Crippen MR) is 145 cm³/mol. The summed E-state index contributed by atoms with van der Waals surface area (Å²) in [6.07, 6.45) is 6.11. The van der Waals surface area contributed by atoms with E-state index < -0.39 is 17.1 Å². The lowest BCUT2D eigenvalue weighted by Crippen LogP contribution is -2.62. The molecule has 7 atom stereocenters. The molecule has 7 heteroatoms. The predicted octanol–water partition coefficient (Wildman–Crippen LogP) is 5.46. The van der Waals surface area contributed by atoms with Gasteiger partial charge >= 0.3 is 0 Å². The summed E-state index contributed by atoms with van der Waals surface area (Å²) in [6.45, 7) is 4.28. The summed E-state index contributed by atoms with van der Waals surface area (Å²) in [5, 5.41) is 23.5. The van der Waals surface area contributed by atoms with E-state index in [0.717, 1.165) is 41.5 Å². The Kier molecular flexibility index (Phi) is 6.10. The molecule has 0 bridgehead atoms. The number of para-hydroxylation sites is 1. The van der Waals surface area contributed by atoms with Gasteiger partial charge in [0.25, 0.3) is 0 Å². The lowest BCUT2D eigenvalue weighted by atomic mass is 9.45. The maximum atomic E-state index is 13.6. The van der Waals surface area contributed by atoms with Gasteiger partial charge in [0.05, 0.1) is 17.5 Å². The molecule has 0 amide bonds. The molecule has 1 aliphatic heterocycles. The Morgan fingerprint density at radius 2 is 2.00 bits per heavy atom. The van der Waals surface area contributed by atoms with Gasteiger partial charge in [-0.05, 0) is 79.4 Å². The molecule has 3 fully saturated rings. The first kappa shape index (κ1) is 24.9. The Morgan fingerprint density at radius 3 is 2.83 bits per heavy atom. The number of hydrogen-bond donors (Lipinski definition) is 2. The fraction of sp³-hybridized carbons (Fsp3) is 0.621. The topological polar surface area (TPSA) is 87.0 Å². The van der Waals surface area contributed by atoms with Gasteiger partial charge in [0.2, 0.25) is 0 Å². The summed E-state index contributed by atoms with van der Waals surface area (Å²) in [6, 6.07) is 8.08. The average molecular weight is 526 g/mol. The highest BCUT2D eigenvalue weighted by Gasteiger charge is 2.68. The molecule has 5 aliphatic rings. The molecule has 0 spiro atoms. The van der Waals surface area contributed by atoms with Gasteiger partial charge in [0, 0.05) is 17.6 Å². The molecule has 2 N–H and O–H groups in total. The summed E-state index contributed by atoms with van der Waals surface area (Å²) in [7, 11) is 0. The van der Waals surface area contributed by atoms with Crippen LogP contribution >= 0.6 is 23.5 Å². The van der Waals surface area contributed by atoms with Crippen LogP contribution in [0, 0.1) is 28.6 Å². The number of allylic oxidation sites excluding steroid dienone is 1. The van der Waals surface area contributed by atoms with Crippen molar-refractivity contribution in [1.82, 2.24) is 0 Å². The molecule has 192 valence electrons. The van der Waals surface area contributed by atoms with Crippen LogP contribution in [-0.4, -0.2) is 43.6 Å². The van der Waals surface area contributed by atoms with E-state index in [0.29, 0.717) is 19.3 Å². The monoisotopic (exact) mass is 525 g/mol. The zero-order valence-electron chi connectivity index (χ0n) is 21.0. The fourth-order valence-corrected chi connectivity index (χ4v) is 10.5. The normalized spacial score (nSPS) is 41.4. The highest BCUT2D eigenvalue weighted by Crippen LogP contribution is 2.67. The summed E-state index contributed by atoms with van der Waals surface area (Å²) in [5.74, 6) is 1.67. The molecule has 1 heterocycles. The van der Waals surface area contributed by atoms with Crippen molar-refractivity contribution in [3.63, 3.8) is 0 Å². The zero-order valence-corrected chi connectivity index (χ0v) is 22.7. The largest absolute Gasteiger partial charge is 0.393 e. The van der Waals surface area contributed by atoms with Crippen molar-refractivity contribution in [2.45, 2.75) is 76.3 Å². The number of aliphatic imine (C=N–C) groups is 1. The van der Waals surface area contributed by atoms with Crippen molar-refractivity contribution < 1.29 is 19.8 Å². The smallest absolute Gasteiger partial charge is 0.175 e. The Balaban J connectivity index is 1.22.